The van der Waals surface area contributed by atoms with E-state index in [9.17, 15) is 22.8 Å². The first-order valence-electron chi connectivity index (χ1n) is 9.74. The number of hydrogen-bond donors (Lipinski definition) is 3. The van der Waals surface area contributed by atoms with Gasteiger partial charge in [0.05, 0.1) is 11.4 Å². The number of sulfonamides is 1. The van der Waals surface area contributed by atoms with Crippen molar-refractivity contribution in [2.75, 3.05) is 19.6 Å². The van der Waals surface area contributed by atoms with Gasteiger partial charge in [-0.15, -0.1) is 0 Å². The van der Waals surface area contributed by atoms with Gasteiger partial charge in [-0.2, -0.15) is 4.31 Å². The third-order valence-electron chi connectivity index (χ3n) is 5.48. The quantitative estimate of drug-likeness (QED) is 0.519. The normalized spacial score (nSPS) is 21.7. The number of carbonyl (C=O) groups excluding carboxylic acids is 3. The molecule has 1 atom stereocenters. The first-order valence-corrected chi connectivity index (χ1v) is 11.2. The fourth-order valence-electron chi connectivity index (χ4n) is 3.80. The number of hydrogen-bond acceptors (Lipinski definition) is 6. The van der Waals surface area contributed by atoms with E-state index in [2.05, 4.69) is 20.9 Å². The van der Waals surface area contributed by atoms with Crippen LogP contribution in [0.4, 0.5) is 4.79 Å². The van der Waals surface area contributed by atoms with Crippen LogP contribution in [-0.4, -0.2) is 59.8 Å². The predicted molar refractivity (Wildman–Crippen MR) is 108 cm³/mol. The minimum absolute atomic E-state index is 0.123. The summed E-state index contributed by atoms with van der Waals surface area (Å²) in [5, 5.41) is 7.35. The van der Waals surface area contributed by atoms with E-state index in [1.807, 2.05) is 0 Å². The van der Waals surface area contributed by atoms with E-state index in [-0.39, 0.29) is 22.8 Å². The van der Waals surface area contributed by atoms with Crippen molar-refractivity contribution in [3.63, 3.8) is 0 Å². The van der Waals surface area contributed by atoms with Gasteiger partial charge >= 0.3 is 6.03 Å². The van der Waals surface area contributed by atoms with E-state index in [0.29, 0.717) is 13.1 Å². The lowest BCUT2D eigenvalue weighted by atomic mass is 9.98. The predicted octanol–water partition coefficient (Wildman–Crippen LogP) is -0.331. The van der Waals surface area contributed by atoms with Crippen LogP contribution in [-0.2, 0) is 27.4 Å². The second kappa shape index (κ2) is 7.78. The minimum Gasteiger partial charge on any atom is -0.349 e. The molecular formula is C19H22N6O5S. The molecule has 0 aliphatic carbocycles. The first kappa shape index (κ1) is 21.0. The van der Waals surface area contributed by atoms with Gasteiger partial charge in [0.15, 0.2) is 5.54 Å². The molecule has 0 saturated carbocycles. The molecule has 3 heterocycles. The molecule has 11 nitrogen and oxygen atoms in total. The van der Waals surface area contributed by atoms with Crippen molar-refractivity contribution in [2.45, 2.75) is 23.3 Å². The maximum atomic E-state index is 12.7. The van der Waals surface area contributed by atoms with Gasteiger partial charge in [-0.1, -0.05) is 0 Å². The van der Waals surface area contributed by atoms with Gasteiger partial charge < -0.3 is 15.2 Å². The van der Waals surface area contributed by atoms with Crippen LogP contribution in [0.2, 0.25) is 0 Å². The van der Waals surface area contributed by atoms with Crippen LogP contribution in [0.5, 0.6) is 0 Å². The fraction of sp³-hybridized carbons (Fsp3) is 0.368. The number of imidazole rings is 1. The first-order chi connectivity index (χ1) is 14.7. The lowest BCUT2D eigenvalue weighted by Crippen LogP contribution is -2.54. The molecular weight excluding hydrogens is 424 g/mol. The monoisotopic (exact) mass is 446 g/mol. The number of aromatic nitrogens is 2. The molecule has 12 heteroatoms. The molecule has 2 aliphatic rings. The molecule has 2 saturated heterocycles. The lowest BCUT2D eigenvalue weighted by Gasteiger charge is -2.25. The van der Waals surface area contributed by atoms with E-state index in [1.165, 1.54) is 34.8 Å². The number of amides is 4. The van der Waals surface area contributed by atoms with E-state index >= 15 is 0 Å². The molecule has 0 bridgehead atoms. The summed E-state index contributed by atoms with van der Waals surface area (Å²) >= 11 is 0. The van der Waals surface area contributed by atoms with Gasteiger partial charge in [-0.3, -0.25) is 14.9 Å². The second-order valence-corrected chi connectivity index (χ2v) is 9.43. The number of carbonyl (C=O) groups is 3. The summed E-state index contributed by atoms with van der Waals surface area (Å²) in [6.07, 6.45) is 4.77. The highest BCUT2D eigenvalue weighted by molar-refractivity contribution is 7.89. The van der Waals surface area contributed by atoms with Gasteiger partial charge in [-0.25, -0.2) is 18.2 Å². The molecule has 0 radical (unpaired) electrons. The number of urea groups is 1. The summed E-state index contributed by atoms with van der Waals surface area (Å²) in [7, 11) is -1.90. The van der Waals surface area contributed by atoms with Gasteiger partial charge in [-0.05, 0) is 37.1 Å². The molecule has 2 fully saturated rings. The maximum Gasteiger partial charge on any atom is 0.322 e. The molecule has 2 aliphatic heterocycles. The van der Waals surface area contributed by atoms with Crippen molar-refractivity contribution >= 4 is 27.9 Å². The topological polar surface area (TPSA) is 142 Å². The molecule has 4 rings (SSSR count). The van der Waals surface area contributed by atoms with Crippen molar-refractivity contribution in [2.24, 2.45) is 7.05 Å². The number of rotatable bonds is 6. The lowest BCUT2D eigenvalue weighted by molar-refractivity contribution is -0.124. The Morgan fingerprint density at radius 1 is 1.19 bits per heavy atom. The summed E-state index contributed by atoms with van der Waals surface area (Å²) in [6, 6.07) is 4.93. The van der Waals surface area contributed by atoms with Gasteiger partial charge in [0.1, 0.15) is 5.82 Å². The van der Waals surface area contributed by atoms with Crippen LogP contribution in [0.25, 0.3) is 0 Å². The van der Waals surface area contributed by atoms with E-state index in [0.717, 1.165) is 12.8 Å². The third-order valence-corrected chi connectivity index (χ3v) is 7.39. The summed E-state index contributed by atoms with van der Waals surface area (Å²) in [4.78, 5) is 41.2. The van der Waals surface area contributed by atoms with Crippen LogP contribution in [0.1, 0.15) is 29.0 Å². The van der Waals surface area contributed by atoms with Gasteiger partial charge in [0, 0.05) is 38.1 Å². The van der Waals surface area contributed by atoms with Crippen LogP contribution in [0.15, 0.2) is 41.6 Å². The Labute approximate surface area is 178 Å². The summed E-state index contributed by atoms with van der Waals surface area (Å²) in [5.74, 6) is -0.880. The molecule has 0 spiro atoms. The zero-order valence-corrected chi connectivity index (χ0v) is 17.6. The SMILES string of the molecule is Cn1ccnc1C1(CNC(=O)c2ccc(S(=O)(=O)N3CCCC3)cc2)NC(=O)NC1=O. The molecule has 164 valence electrons. The van der Waals surface area contributed by atoms with Crippen LogP contribution >= 0.6 is 0 Å². The number of aryl methyl sites for hydroxylation is 1. The van der Waals surface area contributed by atoms with Crippen molar-refractivity contribution in [3.8, 4) is 0 Å². The summed E-state index contributed by atoms with van der Waals surface area (Å²) < 4.78 is 28.2. The Morgan fingerprint density at radius 3 is 2.42 bits per heavy atom. The Hall–Kier alpha value is -3.25. The molecule has 1 aromatic carbocycles. The van der Waals surface area contributed by atoms with Crippen LogP contribution in [0, 0.1) is 0 Å². The molecule has 1 aromatic heterocycles. The van der Waals surface area contributed by atoms with E-state index in [4.69, 9.17) is 0 Å². The van der Waals surface area contributed by atoms with Gasteiger partial charge in [0.25, 0.3) is 11.8 Å². The summed E-state index contributed by atoms with van der Waals surface area (Å²) in [5.41, 5.74) is -1.33. The Balaban J connectivity index is 1.51. The van der Waals surface area contributed by atoms with Crippen molar-refractivity contribution in [1.82, 2.24) is 29.8 Å². The Kier molecular flexibility index (Phi) is 5.27. The fourth-order valence-corrected chi connectivity index (χ4v) is 5.32. The molecule has 4 amide bonds. The maximum absolute atomic E-state index is 12.7. The molecule has 1 unspecified atom stereocenters. The van der Waals surface area contributed by atoms with Crippen LogP contribution < -0.4 is 16.0 Å². The van der Waals surface area contributed by atoms with E-state index in [1.54, 1.807) is 17.8 Å². The summed E-state index contributed by atoms with van der Waals surface area (Å²) in [6.45, 7) is 0.753. The van der Waals surface area contributed by atoms with E-state index < -0.39 is 33.4 Å². The van der Waals surface area contributed by atoms with Crippen LogP contribution in [0.3, 0.4) is 0 Å². The highest BCUT2D eigenvalue weighted by Gasteiger charge is 2.50. The number of benzene rings is 1. The number of nitrogens with zero attached hydrogens (tertiary/aromatic N) is 3. The highest BCUT2D eigenvalue weighted by atomic mass is 32.2. The molecule has 3 N–H and O–H groups in total. The number of imide groups is 1. The molecule has 2 aromatic rings. The minimum atomic E-state index is -3.57. The standard InChI is InChI=1S/C19H22N6O5S/c1-24-11-8-20-16(24)19(17(27)22-18(28)23-19)12-21-15(26)13-4-6-14(7-5-13)31(29,30)25-9-2-3-10-25/h4-8,11H,2-3,9-10,12H2,1H3,(H,21,26)(H2,22,23,27,28). The zero-order chi connectivity index (χ0) is 22.2. The van der Waals surface area contributed by atoms with Crippen molar-refractivity contribution < 1.29 is 22.8 Å². The van der Waals surface area contributed by atoms with Gasteiger partial charge in [0.2, 0.25) is 10.0 Å². The molecule has 31 heavy (non-hydrogen) atoms. The highest BCUT2D eigenvalue weighted by Crippen LogP contribution is 2.23. The van der Waals surface area contributed by atoms with Crippen molar-refractivity contribution in [3.05, 3.63) is 48.0 Å². The Morgan fingerprint density at radius 2 is 1.87 bits per heavy atom. The Bertz CT molecular complexity index is 1140. The largest absolute Gasteiger partial charge is 0.349 e. The van der Waals surface area contributed by atoms with Crippen molar-refractivity contribution in [1.29, 1.82) is 0 Å². The number of nitrogens with one attached hydrogen (secondary N) is 3. The average Bonchev–Trinajstić information content (AvgIpc) is 3.48. The smallest absolute Gasteiger partial charge is 0.322 e. The second-order valence-electron chi connectivity index (χ2n) is 7.49. The average molecular weight is 446 g/mol. The zero-order valence-electron chi connectivity index (χ0n) is 16.8. The third kappa shape index (κ3) is 3.68.